The lowest BCUT2D eigenvalue weighted by atomic mass is 10.3. The van der Waals surface area contributed by atoms with Crippen LogP contribution in [0.15, 0.2) is 18.2 Å². The molecule has 0 aliphatic rings. The van der Waals surface area contributed by atoms with Gasteiger partial charge < -0.3 is 26.0 Å². The number of aromatic hydroxyl groups is 2. The van der Waals surface area contributed by atoms with E-state index in [0.717, 1.165) is 6.07 Å². The summed E-state index contributed by atoms with van der Waals surface area (Å²) < 4.78 is 0. The number of benzene rings is 1. The molecule has 6 nitrogen and oxygen atoms in total. The van der Waals surface area contributed by atoms with Crippen molar-refractivity contribution in [3.8, 4) is 11.5 Å². The minimum absolute atomic E-state index is 0.00714. The number of hydrogen-bond acceptors (Lipinski definition) is 4. The van der Waals surface area contributed by atoms with Crippen LogP contribution < -0.4 is 10.6 Å². The van der Waals surface area contributed by atoms with Crippen molar-refractivity contribution in [2.45, 2.75) is 6.42 Å². The average molecular weight is 226 g/mol. The Morgan fingerprint density at radius 2 is 1.81 bits per heavy atom. The minimum atomic E-state index is -0.460. The molecular weight excluding hydrogens is 212 g/mol. The molecule has 1 aromatic rings. The van der Waals surface area contributed by atoms with Gasteiger partial charge in [-0.3, -0.25) is 0 Å². The molecule has 0 heterocycles. The van der Waals surface area contributed by atoms with Gasteiger partial charge in [-0.25, -0.2) is 4.79 Å². The summed E-state index contributed by atoms with van der Waals surface area (Å²) in [5.74, 6) is -0.267. The zero-order valence-corrected chi connectivity index (χ0v) is 8.60. The van der Waals surface area contributed by atoms with Crippen LogP contribution in [0, 0.1) is 0 Å². The van der Waals surface area contributed by atoms with Gasteiger partial charge in [-0.15, -0.1) is 0 Å². The Hall–Kier alpha value is -1.95. The Balaban J connectivity index is 2.49. The normalized spacial score (nSPS) is 9.81. The number of aliphatic hydroxyl groups is 1. The second-order valence-corrected chi connectivity index (χ2v) is 3.20. The highest BCUT2D eigenvalue weighted by atomic mass is 16.3. The Morgan fingerprint density at radius 1 is 1.19 bits per heavy atom. The first kappa shape index (κ1) is 12.1. The van der Waals surface area contributed by atoms with Gasteiger partial charge in [0.05, 0.1) is 0 Å². The van der Waals surface area contributed by atoms with Gasteiger partial charge in [0.2, 0.25) is 0 Å². The van der Waals surface area contributed by atoms with E-state index >= 15 is 0 Å². The highest BCUT2D eigenvalue weighted by molar-refractivity contribution is 5.89. The van der Waals surface area contributed by atoms with Gasteiger partial charge in [0.25, 0.3) is 0 Å². The quantitative estimate of drug-likeness (QED) is 0.485. The van der Waals surface area contributed by atoms with Crippen molar-refractivity contribution in [2.75, 3.05) is 18.5 Å². The first-order chi connectivity index (χ1) is 7.61. The lowest BCUT2D eigenvalue weighted by molar-refractivity contribution is 0.249. The molecule has 0 atom stereocenters. The summed E-state index contributed by atoms with van der Waals surface area (Å²) in [7, 11) is 0. The summed E-state index contributed by atoms with van der Waals surface area (Å²) in [5.41, 5.74) is 0.291. The number of aliphatic hydroxyl groups excluding tert-OH is 1. The number of carbonyl (C=O) groups excluding carboxylic acids is 1. The molecule has 0 aliphatic carbocycles. The molecule has 2 amide bonds. The second-order valence-electron chi connectivity index (χ2n) is 3.20. The third kappa shape index (κ3) is 4.05. The summed E-state index contributed by atoms with van der Waals surface area (Å²) in [6.45, 7) is 0.361. The van der Waals surface area contributed by atoms with E-state index in [4.69, 9.17) is 15.3 Å². The lowest BCUT2D eigenvalue weighted by Crippen LogP contribution is -2.29. The van der Waals surface area contributed by atoms with E-state index in [1.807, 2.05) is 0 Å². The van der Waals surface area contributed by atoms with Gasteiger partial charge in [-0.05, 0) is 6.42 Å². The molecule has 1 rings (SSSR count). The Labute approximate surface area is 92.5 Å². The number of nitrogens with one attached hydrogen (secondary N) is 2. The molecular formula is C10H14N2O4. The molecule has 5 N–H and O–H groups in total. The number of phenols is 2. The molecule has 0 spiro atoms. The van der Waals surface area contributed by atoms with Crippen LogP contribution in [-0.2, 0) is 0 Å². The monoisotopic (exact) mass is 226 g/mol. The number of amides is 2. The highest BCUT2D eigenvalue weighted by Gasteiger charge is 2.03. The molecule has 0 saturated carbocycles. The van der Waals surface area contributed by atoms with Crippen LogP contribution in [0.5, 0.6) is 11.5 Å². The zero-order chi connectivity index (χ0) is 12.0. The number of urea groups is 1. The smallest absolute Gasteiger partial charge is 0.319 e. The van der Waals surface area contributed by atoms with E-state index in [1.165, 1.54) is 12.1 Å². The van der Waals surface area contributed by atoms with Crippen LogP contribution in [0.25, 0.3) is 0 Å². The first-order valence-corrected chi connectivity index (χ1v) is 4.80. The maximum absolute atomic E-state index is 11.2. The molecule has 0 unspecified atom stereocenters. The Kier molecular flexibility index (Phi) is 4.41. The van der Waals surface area contributed by atoms with Crippen LogP contribution in [0.4, 0.5) is 10.5 Å². The molecule has 88 valence electrons. The van der Waals surface area contributed by atoms with Crippen molar-refractivity contribution >= 4 is 11.7 Å². The molecule has 16 heavy (non-hydrogen) atoms. The summed E-state index contributed by atoms with van der Waals surface area (Å²) in [6, 6.07) is 3.32. The van der Waals surface area contributed by atoms with Crippen molar-refractivity contribution in [1.82, 2.24) is 5.32 Å². The van der Waals surface area contributed by atoms with Gasteiger partial charge in [0.15, 0.2) is 0 Å². The van der Waals surface area contributed by atoms with Crippen LogP contribution in [-0.4, -0.2) is 34.5 Å². The van der Waals surface area contributed by atoms with E-state index in [-0.39, 0.29) is 18.1 Å². The molecule has 0 radical (unpaired) electrons. The van der Waals surface area contributed by atoms with Crippen molar-refractivity contribution in [2.24, 2.45) is 0 Å². The average Bonchev–Trinajstić information content (AvgIpc) is 2.16. The van der Waals surface area contributed by atoms with Gasteiger partial charge >= 0.3 is 6.03 Å². The van der Waals surface area contributed by atoms with E-state index in [1.54, 1.807) is 0 Å². The molecule has 0 bridgehead atoms. The molecule has 0 saturated heterocycles. The van der Waals surface area contributed by atoms with Crippen molar-refractivity contribution < 1.29 is 20.1 Å². The van der Waals surface area contributed by atoms with E-state index in [2.05, 4.69) is 10.6 Å². The summed E-state index contributed by atoms with van der Waals surface area (Å²) in [5, 5.41) is 31.7. The highest BCUT2D eigenvalue weighted by Crippen LogP contribution is 2.23. The maximum Gasteiger partial charge on any atom is 0.319 e. The molecule has 6 heteroatoms. The van der Waals surface area contributed by atoms with Crippen LogP contribution >= 0.6 is 0 Å². The maximum atomic E-state index is 11.2. The van der Waals surface area contributed by atoms with E-state index < -0.39 is 6.03 Å². The minimum Gasteiger partial charge on any atom is -0.508 e. The molecule has 1 aromatic carbocycles. The van der Waals surface area contributed by atoms with Crippen LogP contribution in [0.2, 0.25) is 0 Å². The second kappa shape index (κ2) is 5.82. The van der Waals surface area contributed by atoms with E-state index in [9.17, 15) is 4.79 Å². The Bertz CT molecular complexity index is 348. The first-order valence-electron chi connectivity index (χ1n) is 4.80. The summed E-state index contributed by atoms with van der Waals surface area (Å²) >= 11 is 0. The fourth-order valence-electron chi connectivity index (χ4n) is 1.12. The number of anilines is 1. The zero-order valence-electron chi connectivity index (χ0n) is 8.60. The fraction of sp³-hybridized carbons (Fsp3) is 0.300. The lowest BCUT2D eigenvalue weighted by Gasteiger charge is -2.07. The van der Waals surface area contributed by atoms with Gasteiger partial charge in [0.1, 0.15) is 11.5 Å². The number of rotatable bonds is 4. The third-order valence-corrected chi connectivity index (χ3v) is 1.78. The topological polar surface area (TPSA) is 102 Å². The molecule has 0 aliphatic heterocycles. The molecule has 0 fully saturated rings. The number of hydrogen-bond donors (Lipinski definition) is 5. The van der Waals surface area contributed by atoms with Gasteiger partial charge in [-0.2, -0.15) is 0 Å². The standard InChI is InChI=1S/C10H14N2O4/c13-3-1-2-11-10(16)12-7-4-8(14)6-9(15)5-7/h4-6,13-15H,1-3H2,(H2,11,12,16). The predicted molar refractivity (Wildman–Crippen MR) is 58.5 cm³/mol. The summed E-state index contributed by atoms with van der Waals surface area (Å²) in [4.78, 5) is 11.2. The predicted octanol–water partition coefficient (Wildman–Crippen LogP) is 0.602. The third-order valence-electron chi connectivity index (χ3n) is 1.78. The van der Waals surface area contributed by atoms with Gasteiger partial charge in [-0.1, -0.05) is 0 Å². The summed E-state index contributed by atoms with van der Waals surface area (Å²) in [6.07, 6.45) is 0.471. The molecule has 0 aromatic heterocycles. The number of carbonyl (C=O) groups is 1. The number of phenolic OH excluding ortho intramolecular Hbond substituents is 2. The van der Waals surface area contributed by atoms with Crippen molar-refractivity contribution in [3.05, 3.63) is 18.2 Å². The largest absolute Gasteiger partial charge is 0.508 e. The van der Waals surface area contributed by atoms with Crippen LogP contribution in [0.3, 0.4) is 0 Å². The van der Waals surface area contributed by atoms with Crippen LogP contribution in [0.1, 0.15) is 6.42 Å². The van der Waals surface area contributed by atoms with Gasteiger partial charge in [0, 0.05) is 37.0 Å². The van der Waals surface area contributed by atoms with E-state index in [0.29, 0.717) is 18.7 Å². The van der Waals surface area contributed by atoms with Crippen molar-refractivity contribution in [3.63, 3.8) is 0 Å². The fourth-order valence-corrected chi connectivity index (χ4v) is 1.12. The SMILES string of the molecule is O=C(NCCCO)Nc1cc(O)cc(O)c1. The Morgan fingerprint density at radius 3 is 2.38 bits per heavy atom. The van der Waals surface area contributed by atoms with Crippen molar-refractivity contribution in [1.29, 1.82) is 0 Å².